The molecular weight excluding hydrogens is 372 g/mol. The van der Waals surface area contributed by atoms with Crippen molar-refractivity contribution in [2.24, 2.45) is 0 Å². The van der Waals surface area contributed by atoms with E-state index in [1.807, 2.05) is 42.8 Å². The van der Waals surface area contributed by atoms with Gasteiger partial charge in [0.1, 0.15) is 4.60 Å². The number of pyridine rings is 1. The molecule has 0 radical (unpaired) electrons. The molecule has 3 nitrogen and oxygen atoms in total. The first-order valence-electron chi connectivity index (χ1n) is 4.57. The summed E-state index contributed by atoms with van der Waals surface area (Å²) in [5.74, 6) is 0.838. The predicted molar refractivity (Wildman–Crippen MR) is 70.2 cm³/mol. The van der Waals surface area contributed by atoms with E-state index in [4.69, 9.17) is 20.4 Å². The van der Waals surface area contributed by atoms with Crippen LogP contribution in [0, 0.1) is 13.8 Å². The Balaban J connectivity index is 0.000000437. The van der Waals surface area contributed by atoms with Gasteiger partial charge in [0, 0.05) is 5.69 Å². The molecule has 0 atom stereocenters. The first-order valence-corrected chi connectivity index (χ1v) is 8.08. The maximum absolute atomic E-state index is 4.70. The Labute approximate surface area is 123 Å². The number of aryl methyl sites for hydroxylation is 2. The van der Waals surface area contributed by atoms with Crippen LogP contribution in [0.4, 0.5) is 0 Å². The summed E-state index contributed by atoms with van der Waals surface area (Å²) in [6.07, 6.45) is 0. The maximum atomic E-state index is 4.70. The molecule has 0 aliphatic rings. The summed E-state index contributed by atoms with van der Waals surface area (Å²) in [5.41, 5.74) is 2.09. The van der Waals surface area contributed by atoms with E-state index in [2.05, 4.69) is 26.0 Å². The normalized spacial score (nSPS) is 9.94. The van der Waals surface area contributed by atoms with Crippen molar-refractivity contribution in [1.82, 2.24) is 14.8 Å². The minimum absolute atomic E-state index is 0.569. The zero-order chi connectivity index (χ0) is 12.8. The van der Waals surface area contributed by atoms with Crippen LogP contribution in [-0.4, -0.2) is 14.8 Å². The van der Waals surface area contributed by atoms with Gasteiger partial charge >= 0.3 is 33.0 Å². The van der Waals surface area contributed by atoms with Crippen molar-refractivity contribution in [3.05, 3.63) is 40.3 Å². The Morgan fingerprint density at radius 2 is 1.94 bits per heavy atom. The summed E-state index contributed by atoms with van der Waals surface area (Å²) in [7, 11) is 9.40. The molecule has 0 aromatic carbocycles. The Bertz CT molecular complexity index is 490. The summed E-state index contributed by atoms with van der Waals surface area (Å²) in [6, 6.07) is 7.81. The molecule has 2 heterocycles. The van der Waals surface area contributed by atoms with Gasteiger partial charge in [0.25, 0.3) is 0 Å². The van der Waals surface area contributed by atoms with Crippen molar-refractivity contribution in [3.8, 4) is 5.82 Å². The van der Waals surface area contributed by atoms with Crippen molar-refractivity contribution in [1.29, 1.82) is 0 Å². The van der Waals surface area contributed by atoms with Gasteiger partial charge in [0.05, 0.1) is 5.69 Å². The summed E-state index contributed by atoms with van der Waals surface area (Å²) in [6.45, 7) is 3.99. The van der Waals surface area contributed by atoms with Gasteiger partial charge in [-0.25, -0.2) is 9.67 Å². The van der Waals surface area contributed by atoms with Gasteiger partial charge in [-0.15, -0.1) is 0 Å². The molecule has 2 rings (SSSR count). The van der Waals surface area contributed by atoms with Gasteiger partial charge in [-0.3, -0.25) is 0 Å². The van der Waals surface area contributed by atoms with E-state index in [-0.39, 0.29) is 0 Å². The van der Waals surface area contributed by atoms with Crippen molar-refractivity contribution in [3.63, 3.8) is 0 Å². The van der Waals surface area contributed by atoms with E-state index in [9.17, 15) is 0 Å². The van der Waals surface area contributed by atoms with Crippen LogP contribution in [0.3, 0.4) is 0 Å². The van der Waals surface area contributed by atoms with Gasteiger partial charge in [0.2, 0.25) is 0 Å². The Kier molecular flexibility index (Phi) is 6.49. The molecule has 0 aliphatic carbocycles. The molecular formula is C10H10BrCl2N3Ni. The number of nitrogens with zero attached hydrogens (tertiary/aromatic N) is 3. The fourth-order valence-corrected chi connectivity index (χ4v) is 1.71. The fourth-order valence-electron chi connectivity index (χ4n) is 1.38. The summed E-state index contributed by atoms with van der Waals surface area (Å²) < 4.78 is 2.66. The van der Waals surface area contributed by atoms with E-state index in [0.29, 0.717) is 12.7 Å². The SMILES string of the molecule is Cc1cc(C)n(-c2cccc(Br)n2)n1.[Cl][Ni][Cl]. The third kappa shape index (κ3) is 4.59. The number of hydrogen-bond donors (Lipinski definition) is 0. The number of aromatic nitrogens is 3. The molecule has 96 valence electrons. The fraction of sp³-hybridized carbons (Fsp3) is 0.200. The second kappa shape index (κ2) is 7.37. The monoisotopic (exact) mass is 379 g/mol. The van der Waals surface area contributed by atoms with Crippen molar-refractivity contribution in [2.75, 3.05) is 0 Å². The average molecular weight is 382 g/mol. The molecule has 0 spiro atoms. The van der Waals surface area contributed by atoms with E-state index in [1.165, 1.54) is 0 Å². The minimum atomic E-state index is 0.569. The van der Waals surface area contributed by atoms with Crippen molar-refractivity contribution in [2.45, 2.75) is 13.8 Å². The zero-order valence-electron chi connectivity index (χ0n) is 9.10. The summed E-state index contributed by atoms with van der Waals surface area (Å²) in [4.78, 5) is 4.33. The Morgan fingerprint density at radius 1 is 1.29 bits per heavy atom. The third-order valence-corrected chi connectivity index (χ3v) is 2.37. The molecule has 2 aromatic heterocycles. The molecule has 0 saturated carbocycles. The van der Waals surface area contributed by atoms with E-state index in [1.54, 1.807) is 0 Å². The average Bonchev–Trinajstić information content (AvgIpc) is 2.59. The van der Waals surface area contributed by atoms with Crippen LogP contribution in [0.5, 0.6) is 0 Å². The van der Waals surface area contributed by atoms with Crippen LogP contribution in [0.25, 0.3) is 5.82 Å². The molecule has 0 N–H and O–H groups in total. The van der Waals surface area contributed by atoms with Gasteiger partial charge in [0.15, 0.2) is 5.82 Å². The predicted octanol–water partition coefficient (Wildman–Crippen LogP) is 4.02. The van der Waals surface area contributed by atoms with Gasteiger partial charge in [-0.2, -0.15) is 5.10 Å². The van der Waals surface area contributed by atoms with Gasteiger partial charge in [-0.05, 0) is 48.0 Å². The first kappa shape index (κ1) is 15.0. The second-order valence-electron chi connectivity index (χ2n) is 3.20. The Hall–Kier alpha value is -0.0865. The molecule has 2 aromatic rings. The van der Waals surface area contributed by atoms with Crippen LogP contribution in [0.15, 0.2) is 28.9 Å². The van der Waals surface area contributed by atoms with Crippen LogP contribution >= 0.6 is 36.3 Å². The molecule has 0 saturated heterocycles. The topological polar surface area (TPSA) is 30.7 Å². The molecule has 7 heteroatoms. The molecule has 17 heavy (non-hydrogen) atoms. The van der Waals surface area contributed by atoms with Gasteiger partial charge in [-0.1, -0.05) is 6.07 Å². The third-order valence-electron chi connectivity index (χ3n) is 1.93. The summed E-state index contributed by atoms with van der Waals surface area (Å²) in [5, 5.41) is 4.35. The molecule has 0 fully saturated rings. The molecule has 0 amide bonds. The van der Waals surface area contributed by atoms with E-state index in [0.717, 1.165) is 21.8 Å². The van der Waals surface area contributed by atoms with Crippen LogP contribution < -0.4 is 0 Å². The standard InChI is InChI=1S/C10H10BrN3.2ClH.Ni/c1-7-6-8(2)14(13-7)10-5-3-4-9(11)12-10;;;/h3-6H,1-2H3;2*1H;/q;;;+2/p-2. The Morgan fingerprint density at radius 3 is 2.41 bits per heavy atom. The number of halogens is 3. The van der Waals surface area contributed by atoms with Crippen LogP contribution in [-0.2, 0) is 12.7 Å². The van der Waals surface area contributed by atoms with Gasteiger partial charge < -0.3 is 0 Å². The quantitative estimate of drug-likeness (QED) is 0.552. The zero-order valence-corrected chi connectivity index (χ0v) is 13.2. The van der Waals surface area contributed by atoms with E-state index < -0.39 is 0 Å². The van der Waals surface area contributed by atoms with Crippen LogP contribution in [0.2, 0.25) is 0 Å². The first-order chi connectivity index (χ1) is 8.08. The number of hydrogen-bond acceptors (Lipinski definition) is 2. The van der Waals surface area contributed by atoms with Crippen LogP contribution in [0.1, 0.15) is 11.4 Å². The molecule has 0 bridgehead atoms. The van der Waals surface area contributed by atoms with E-state index >= 15 is 0 Å². The van der Waals surface area contributed by atoms with Crippen molar-refractivity contribution < 1.29 is 12.7 Å². The second-order valence-corrected chi connectivity index (χ2v) is 5.65. The van der Waals surface area contributed by atoms with Crippen molar-refractivity contribution >= 4 is 36.3 Å². The number of rotatable bonds is 1. The summed E-state index contributed by atoms with van der Waals surface area (Å²) >= 11 is 3.91. The molecule has 0 aliphatic heterocycles. The molecule has 0 unspecified atom stereocenters.